The molecule has 0 saturated carbocycles. The number of aryl methyl sites for hydroxylation is 1. The molecule has 0 spiro atoms. The van der Waals surface area contributed by atoms with E-state index in [9.17, 15) is 4.79 Å². The van der Waals surface area contributed by atoms with Gasteiger partial charge >= 0.3 is 0 Å². The minimum absolute atomic E-state index is 0.0810. The van der Waals surface area contributed by atoms with E-state index in [1.807, 2.05) is 32.0 Å². The summed E-state index contributed by atoms with van der Waals surface area (Å²) in [4.78, 5) is 12.5. The third-order valence-electron chi connectivity index (χ3n) is 4.02. The Morgan fingerprint density at radius 1 is 1.24 bits per heavy atom. The van der Waals surface area contributed by atoms with Crippen molar-refractivity contribution >= 4 is 17.5 Å². The molecule has 2 atom stereocenters. The van der Waals surface area contributed by atoms with Crippen LogP contribution in [0, 0.1) is 6.92 Å². The van der Waals surface area contributed by atoms with E-state index in [2.05, 4.69) is 5.32 Å². The Labute approximate surface area is 154 Å². The van der Waals surface area contributed by atoms with E-state index in [1.165, 1.54) is 0 Å². The third kappa shape index (κ3) is 5.13. The number of halogens is 1. The number of hydrogen-bond donors (Lipinski definition) is 1. The molecule has 0 aromatic heterocycles. The molecule has 134 valence electrons. The Balaban J connectivity index is 2.04. The van der Waals surface area contributed by atoms with Gasteiger partial charge < -0.3 is 14.8 Å². The van der Waals surface area contributed by atoms with E-state index in [-0.39, 0.29) is 11.9 Å². The second kappa shape index (κ2) is 8.77. The van der Waals surface area contributed by atoms with E-state index in [0.29, 0.717) is 10.8 Å². The Morgan fingerprint density at radius 3 is 2.60 bits per heavy atom. The number of rotatable bonds is 7. The molecule has 5 heteroatoms. The van der Waals surface area contributed by atoms with Crippen molar-refractivity contribution in [3.8, 4) is 11.5 Å². The van der Waals surface area contributed by atoms with Gasteiger partial charge in [-0.15, -0.1) is 0 Å². The first kappa shape index (κ1) is 19.1. The van der Waals surface area contributed by atoms with E-state index < -0.39 is 6.10 Å². The molecule has 2 rings (SSSR count). The van der Waals surface area contributed by atoms with Crippen LogP contribution in [0.15, 0.2) is 42.5 Å². The van der Waals surface area contributed by atoms with Crippen LogP contribution >= 0.6 is 11.6 Å². The van der Waals surface area contributed by atoms with Crippen LogP contribution in [0.3, 0.4) is 0 Å². The average molecular weight is 362 g/mol. The highest BCUT2D eigenvalue weighted by Crippen LogP contribution is 2.24. The number of hydrogen-bond acceptors (Lipinski definition) is 3. The van der Waals surface area contributed by atoms with Crippen molar-refractivity contribution in [2.24, 2.45) is 0 Å². The normalized spacial score (nSPS) is 13.0. The Bertz CT molecular complexity index is 733. The summed E-state index contributed by atoms with van der Waals surface area (Å²) >= 11 is 5.94. The molecule has 0 aliphatic carbocycles. The quantitative estimate of drug-likeness (QED) is 0.778. The van der Waals surface area contributed by atoms with Gasteiger partial charge in [0.2, 0.25) is 0 Å². The predicted molar refractivity (Wildman–Crippen MR) is 100 cm³/mol. The first-order valence-corrected chi connectivity index (χ1v) is 8.69. The lowest BCUT2D eigenvalue weighted by molar-refractivity contribution is -0.128. The maximum atomic E-state index is 12.5. The maximum Gasteiger partial charge on any atom is 0.261 e. The highest BCUT2D eigenvalue weighted by atomic mass is 35.5. The fourth-order valence-corrected chi connectivity index (χ4v) is 2.81. The highest BCUT2D eigenvalue weighted by Gasteiger charge is 2.20. The van der Waals surface area contributed by atoms with Gasteiger partial charge in [0.1, 0.15) is 11.5 Å². The minimum atomic E-state index is -0.619. The van der Waals surface area contributed by atoms with Crippen molar-refractivity contribution in [1.82, 2.24) is 5.32 Å². The van der Waals surface area contributed by atoms with E-state index >= 15 is 0 Å². The number of benzene rings is 2. The number of ether oxygens (including phenoxy) is 2. The molecule has 25 heavy (non-hydrogen) atoms. The Kier molecular flexibility index (Phi) is 6.71. The topological polar surface area (TPSA) is 47.6 Å². The predicted octanol–water partition coefficient (Wildman–Crippen LogP) is 4.69. The summed E-state index contributed by atoms with van der Waals surface area (Å²) in [6.07, 6.45) is 0.161. The molecule has 4 nitrogen and oxygen atoms in total. The number of nitrogens with one attached hydrogen (secondary N) is 1. The molecule has 1 N–H and O–H groups in total. The largest absolute Gasteiger partial charge is 0.496 e. The van der Waals surface area contributed by atoms with Crippen LogP contribution in [0.4, 0.5) is 0 Å². The van der Waals surface area contributed by atoms with Crippen molar-refractivity contribution in [2.45, 2.75) is 39.3 Å². The van der Waals surface area contributed by atoms with Crippen molar-refractivity contribution in [1.29, 1.82) is 0 Å². The summed E-state index contributed by atoms with van der Waals surface area (Å²) in [6, 6.07) is 12.9. The SMILES string of the molecule is CC[C@H](NC(=O)[C@H](C)Oc1cccc(Cl)c1)c1ccc(OC)c(C)c1. The molecule has 0 aliphatic heterocycles. The second-order valence-electron chi connectivity index (χ2n) is 5.92. The average Bonchev–Trinajstić information content (AvgIpc) is 2.59. The zero-order valence-electron chi connectivity index (χ0n) is 15.0. The molecule has 0 bridgehead atoms. The van der Waals surface area contributed by atoms with Crippen LogP contribution in [0.1, 0.15) is 37.4 Å². The lowest BCUT2D eigenvalue weighted by atomic mass is 10.0. The van der Waals surface area contributed by atoms with Crippen molar-refractivity contribution in [3.05, 3.63) is 58.6 Å². The monoisotopic (exact) mass is 361 g/mol. The second-order valence-corrected chi connectivity index (χ2v) is 6.35. The van der Waals surface area contributed by atoms with E-state index in [0.717, 1.165) is 23.3 Å². The lowest BCUT2D eigenvalue weighted by Crippen LogP contribution is -2.38. The molecular formula is C20H24ClNO3. The fraction of sp³-hybridized carbons (Fsp3) is 0.350. The van der Waals surface area contributed by atoms with Gasteiger partial charge in [0.25, 0.3) is 5.91 Å². The van der Waals surface area contributed by atoms with Crippen molar-refractivity contribution in [3.63, 3.8) is 0 Å². The number of amides is 1. The smallest absolute Gasteiger partial charge is 0.261 e. The van der Waals surface area contributed by atoms with Crippen LogP contribution in [-0.2, 0) is 4.79 Å². The number of methoxy groups -OCH3 is 1. The van der Waals surface area contributed by atoms with Crippen LogP contribution in [0.5, 0.6) is 11.5 Å². The molecule has 0 heterocycles. The first-order chi connectivity index (χ1) is 11.9. The zero-order chi connectivity index (χ0) is 18.4. The molecule has 2 aromatic rings. The van der Waals surface area contributed by atoms with Crippen molar-refractivity contribution < 1.29 is 14.3 Å². The Hall–Kier alpha value is -2.20. The lowest BCUT2D eigenvalue weighted by Gasteiger charge is -2.22. The van der Waals surface area contributed by atoms with Crippen LogP contribution < -0.4 is 14.8 Å². The summed E-state index contributed by atoms with van der Waals surface area (Å²) in [5.74, 6) is 1.24. The van der Waals surface area contributed by atoms with E-state index in [1.54, 1.807) is 38.3 Å². The van der Waals surface area contributed by atoms with Gasteiger partial charge in [-0.05, 0) is 55.7 Å². The van der Waals surface area contributed by atoms with Gasteiger partial charge in [0.15, 0.2) is 6.10 Å². The molecule has 1 amide bonds. The molecular weight excluding hydrogens is 338 g/mol. The molecule has 0 radical (unpaired) electrons. The van der Waals surface area contributed by atoms with Gasteiger partial charge in [-0.2, -0.15) is 0 Å². The fourth-order valence-electron chi connectivity index (χ4n) is 2.63. The van der Waals surface area contributed by atoms with Gasteiger partial charge in [-0.25, -0.2) is 0 Å². The standard InChI is InChI=1S/C20H24ClNO3/c1-5-18(15-9-10-19(24-4)13(2)11-15)22-20(23)14(3)25-17-8-6-7-16(21)12-17/h6-12,14,18H,5H2,1-4H3,(H,22,23)/t14-,18-/m0/s1. The Morgan fingerprint density at radius 2 is 2.00 bits per heavy atom. The molecule has 2 aromatic carbocycles. The summed E-state index contributed by atoms with van der Waals surface area (Å²) in [5.41, 5.74) is 2.08. The summed E-state index contributed by atoms with van der Waals surface area (Å²) < 4.78 is 11.0. The molecule has 0 fully saturated rings. The molecule has 0 aliphatic rings. The third-order valence-corrected chi connectivity index (χ3v) is 4.26. The van der Waals surface area contributed by atoms with Crippen LogP contribution in [0.25, 0.3) is 0 Å². The summed E-state index contributed by atoms with van der Waals surface area (Å²) in [7, 11) is 1.65. The first-order valence-electron chi connectivity index (χ1n) is 8.31. The molecule has 0 saturated heterocycles. The van der Waals surface area contributed by atoms with Crippen LogP contribution in [-0.4, -0.2) is 19.1 Å². The van der Waals surface area contributed by atoms with Crippen molar-refractivity contribution in [2.75, 3.05) is 7.11 Å². The van der Waals surface area contributed by atoms with E-state index in [4.69, 9.17) is 21.1 Å². The van der Waals surface area contributed by atoms with Crippen LogP contribution in [0.2, 0.25) is 5.02 Å². The summed E-state index contributed by atoms with van der Waals surface area (Å²) in [5, 5.41) is 3.62. The number of carbonyl (C=O) groups is 1. The summed E-state index contributed by atoms with van der Waals surface area (Å²) in [6.45, 7) is 5.75. The van der Waals surface area contributed by atoms with Gasteiger partial charge in [-0.1, -0.05) is 36.7 Å². The van der Waals surface area contributed by atoms with Gasteiger partial charge in [0.05, 0.1) is 13.2 Å². The van der Waals surface area contributed by atoms with Gasteiger partial charge in [0, 0.05) is 5.02 Å². The number of carbonyl (C=O) groups excluding carboxylic acids is 1. The zero-order valence-corrected chi connectivity index (χ0v) is 15.8. The minimum Gasteiger partial charge on any atom is -0.496 e. The maximum absolute atomic E-state index is 12.5. The highest BCUT2D eigenvalue weighted by molar-refractivity contribution is 6.30. The molecule has 0 unspecified atom stereocenters. The van der Waals surface area contributed by atoms with Gasteiger partial charge in [-0.3, -0.25) is 4.79 Å².